The molecule has 0 bridgehead atoms. The third kappa shape index (κ3) is 2.51. The van der Waals surface area contributed by atoms with Gasteiger partial charge in [0.15, 0.2) is 10.7 Å². The van der Waals surface area contributed by atoms with Gasteiger partial charge in [-0.05, 0) is 36.8 Å². The standard InChI is InChI=1S/C19H13FN2O2S/c1-11-16(13-7-9-14(20)10-8-13)22-17(18(23)24)15(21-19(22)25-11)12-5-3-2-4-6-12/h2-10H,1H3,(H,23,24). The minimum absolute atomic E-state index is 0.116. The van der Waals surface area contributed by atoms with Crippen molar-refractivity contribution in [3.63, 3.8) is 0 Å². The number of carboxylic acid groups (broad SMARTS) is 1. The number of imidazole rings is 1. The molecule has 2 aromatic heterocycles. The molecule has 0 atom stereocenters. The van der Waals surface area contributed by atoms with Gasteiger partial charge in [0.1, 0.15) is 11.5 Å². The lowest BCUT2D eigenvalue weighted by molar-refractivity contribution is 0.0690. The molecule has 4 nitrogen and oxygen atoms in total. The van der Waals surface area contributed by atoms with Crippen LogP contribution in [0.5, 0.6) is 0 Å². The molecule has 25 heavy (non-hydrogen) atoms. The molecule has 0 saturated heterocycles. The highest BCUT2D eigenvalue weighted by molar-refractivity contribution is 7.17. The number of aromatic nitrogens is 2. The van der Waals surface area contributed by atoms with Gasteiger partial charge < -0.3 is 5.11 Å². The average molecular weight is 352 g/mol. The Morgan fingerprint density at radius 1 is 1.08 bits per heavy atom. The van der Waals surface area contributed by atoms with E-state index in [-0.39, 0.29) is 11.5 Å². The zero-order chi connectivity index (χ0) is 17.6. The first kappa shape index (κ1) is 15.5. The summed E-state index contributed by atoms with van der Waals surface area (Å²) in [7, 11) is 0. The van der Waals surface area contributed by atoms with E-state index in [4.69, 9.17) is 0 Å². The molecule has 0 aliphatic heterocycles. The number of thiazole rings is 1. The summed E-state index contributed by atoms with van der Waals surface area (Å²) >= 11 is 1.42. The summed E-state index contributed by atoms with van der Waals surface area (Å²) < 4.78 is 14.9. The number of nitrogens with zero attached hydrogens (tertiary/aromatic N) is 2. The summed E-state index contributed by atoms with van der Waals surface area (Å²) in [6, 6.07) is 15.3. The third-order valence-corrected chi connectivity index (χ3v) is 4.97. The summed E-state index contributed by atoms with van der Waals surface area (Å²) in [5.74, 6) is -1.38. The van der Waals surface area contributed by atoms with Crippen LogP contribution in [0.2, 0.25) is 0 Å². The molecular formula is C19H13FN2O2S. The van der Waals surface area contributed by atoms with Crippen LogP contribution in [0, 0.1) is 12.7 Å². The van der Waals surface area contributed by atoms with Crippen LogP contribution < -0.4 is 0 Å². The highest BCUT2D eigenvalue weighted by Gasteiger charge is 2.25. The van der Waals surface area contributed by atoms with Crippen molar-refractivity contribution in [2.45, 2.75) is 6.92 Å². The Morgan fingerprint density at radius 3 is 2.40 bits per heavy atom. The Kier molecular flexibility index (Phi) is 3.62. The predicted octanol–water partition coefficient (Wildman–Crippen LogP) is 4.88. The topological polar surface area (TPSA) is 54.6 Å². The second-order valence-corrected chi connectivity index (χ2v) is 6.79. The number of carbonyl (C=O) groups is 1. The smallest absolute Gasteiger partial charge is 0.355 e. The molecule has 0 spiro atoms. The molecule has 0 saturated carbocycles. The first-order valence-electron chi connectivity index (χ1n) is 7.63. The van der Waals surface area contributed by atoms with Crippen LogP contribution in [0.3, 0.4) is 0 Å². The van der Waals surface area contributed by atoms with Gasteiger partial charge in [0.05, 0.1) is 5.69 Å². The molecule has 0 fully saturated rings. The summed E-state index contributed by atoms with van der Waals surface area (Å²) in [6.45, 7) is 1.91. The molecule has 0 amide bonds. The van der Waals surface area contributed by atoms with E-state index in [1.807, 2.05) is 37.3 Å². The van der Waals surface area contributed by atoms with Crippen molar-refractivity contribution in [1.82, 2.24) is 9.38 Å². The summed E-state index contributed by atoms with van der Waals surface area (Å²) in [5.41, 5.74) is 2.78. The molecule has 2 heterocycles. The maximum atomic E-state index is 13.3. The Morgan fingerprint density at radius 2 is 1.76 bits per heavy atom. The highest BCUT2D eigenvalue weighted by atomic mass is 32.1. The maximum Gasteiger partial charge on any atom is 0.355 e. The Labute approximate surface area is 146 Å². The van der Waals surface area contributed by atoms with Crippen LogP contribution in [0.15, 0.2) is 54.6 Å². The largest absolute Gasteiger partial charge is 0.476 e. The average Bonchev–Trinajstić information content (AvgIpc) is 3.11. The molecule has 0 unspecified atom stereocenters. The highest BCUT2D eigenvalue weighted by Crippen LogP contribution is 2.36. The van der Waals surface area contributed by atoms with Gasteiger partial charge in [0.2, 0.25) is 0 Å². The first-order chi connectivity index (χ1) is 12.1. The van der Waals surface area contributed by atoms with E-state index in [1.165, 1.54) is 23.5 Å². The molecule has 124 valence electrons. The lowest BCUT2D eigenvalue weighted by atomic mass is 10.1. The Bertz CT molecular complexity index is 1080. The van der Waals surface area contributed by atoms with Crippen molar-refractivity contribution in [3.8, 4) is 22.5 Å². The van der Waals surface area contributed by atoms with Gasteiger partial charge in [-0.15, -0.1) is 11.3 Å². The van der Waals surface area contributed by atoms with Crippen molar-refractivity contribution in [3.05, 3.63) is 71.0 Å². The minimum atomic E-state index is -1.05. The maximum absolute atomic E-state index is 13.3. The van der Waals surface area contributed by atoms with Gasteiger partial charge in [0, 0.05) is 10.4 Å². The lowest BCUT2D eigenvalue weighted by Gasteiger charge is -2.05. The zero-order valence-electron chi connectivity index (χ0n) is 13.2. The molecule has 2 aromatic carbocycles. The molecule has 4 rings (SSSR count). The lowest BCUT2D eigenvalue weighted by Crippen LogP contribution is -2.04. The molecular weight excluding hydrogens is 339 g/mol. The zero-order valence-corrected chi connectivity index (χ0v) is 14.0. The molecule has 0 aliphatic rings. The van der Waals surface area contributed by atoms with Gasteiger partial charge >= 0.3 is 5.97 Å². The third-order valence-electron chi connectivity index (χ3n) is 4.02. The van der Waals surface area contributed by atoms with E-state index in [1.54, 1.807) is 16.5 Å². The van der Waals surface area contributed by atoms with Crippen LogP contribution in [0.25, 0.3) is 27.5 Å². The second kappa shape index (κ2) is 5.82. The first-order valence-corrected chi connectivity index (χ1v) is 8.44. The number of aryl methyl sites for hydroxylation is 1. The number of halogens is 1. The van der Waals surface area contributed by atoms with E-state index in [9.17, 15) is 14.3 Å². The monoisotopic (exact) mass is 352 g/mol. The number of benzene rings is 2. The van der Waals surface area contributed by atoms with E-state index in [2.05, 4.69) is 4.98 Å². The number of fused-ring (bicyclic) bond motifs is 1. The summed E-state index contributed by atoms with van der Waals surface area (Å²) in [5, 5.41) is 9.82. The Hall–Kier alpha value is -2.99. The van der Waals surface area contributed by atoms with Crippen LogP contribution in [0.4, 0.5) is 4.39 Å². The van der Waals surface area contributed by atoms with Crippen LogP contribution >= 0.6 is 11.3 Å². The van der Waals surface area contributed by atoms with Gasteiger partial charge in [-0.1, -0.05) is 30.3 Å². The fourth-order valence-electron chi connectivity index (χ4n) is 2.95. The SMILES string of the molecule is Cc1sc2nc(-c3ccccc3)c(C(=O)O)n2c1-c1ccc(F)cc1. The molecule has 0 radical (unpaired) electrons. The number of carboxylic acids is 1. The van der Waals surface area contributed by atoms with Crippen LogP contribution in [-0.4, -0.2) is 20.5 Å². The van der Waals surface area contributed by atoms with E-state index >= 15 is 0 Å². The fraction of sp³-hybridized carbons (Fsp3) is 0.0526. The van der Waals surface area contributed by atoms with E-state index in [0.717, 1.165) is 21.7 Å². The van der Waals surface area contributed by atoms with Gasteiger partial charge in [0.25, 0.3) is 0 Å². The molecule has 4 aromatic rings. The molecule has 6 heteroatoms. The molecule has 1 N–H and O–H groups in total. The Balaban J connectivity index is 2.05. The summed E-state index contributed by atoms with van der Waals surface area (Å²) in [4.78, 5) is 18.1. The van der Waals surface area contributed by atoms with Crippen molar-refractivity contribution < 1.29 is 14.3 Å². The second-order valence-electron chi connectivity index (χ2n) is 5.61. The normalized spacial score (nSPS) is 11.1. The van der Waals surface area contributed by atoms with Crippen LogP contribution in [-0.2, 0) is 0 Å². The fourth-order valence-corrected chi connectivity index (χ4v) is 3.94. The number of aromatic carboxylic acids is 1. The van der Waals surface area contributed by atoms with Gasteiger partial charge in [-0.25, -0.2) is 14.2 Å². The van der Waals surface area contributed by atoms with Crippen molar-refractivity contribution in [2.75, 3.05) is 0 Å². The number of hydrogen-bond acceptors (Lipinski definition) is 3. The van der Waals surface area contributed by atoms with Crippen molar-refractivity contribution in [1.29, 1.82) is 0 Å². The quantitative estimate of drug-likeness (QED) is 0.572. The number of hydrogen-bond donors (Lipinski definition) is 1. The molecule has 0 aliphatic carbocycles. The van der Waals surface area contributed by atoms with E-state index < -0.39 is 5.97 Å². The van der Waals surface area contributed by atoms with Gasteiger partial charge in [-0.3, -0.25) is 4.40 Å². The van der Waals surface area contributed by atoms with Crippen molar-refractivity contribution >= 4 is 22.3 Å². The van der Waals surface area contributed by atoms with Crippen LogP contribution in [0.1, 0.15) is 15.4 Å². The minimum Gasteiger partial charge on any atom is -0.476 e. The van der Waals surface area contributed by atoms with Crippen molar-refractivity contribution in [2.24, 2.45) is 0 Å². The summed E-state index contributed by atoms with van der Waals surface area (Å²) in [6.07, 6.45) is 0. The predicted molar refractivity (Wildman–Crippen MR) is 95.6 cm³/mol. The number of rotatable bonds is 3. The van der Waals surface area contributed by atoms with E-state index in [0.29, 0.717) is 10.7 Å². The van der Waals surface area contributed by atoms with Gasteiger partial charge in [-0.2, -0.15) is 0 Å².